The van der Waals surface area contributed by atoms with Gasteiger partial charge in [-0.3, -0.25) is 4.98 Å². The van der Waals surface area contributed by atoms with Gasteiger partial charge in [-0.05, 0) is 35.4 Å². The van der Waals surface area contributed by atoms with Gasteiger partial charge >= 0.3 is 6.36 Å². The largest absolute Gasteiger partial charge is 0.573 e. The predicted molar refractivity (Wildman–Crippen MR) is 70.7 cm³/mol. The average Bonchev–Trinajstić information content (AvgIpc) is 2.46. The number of benzene rings is 1. The lowest BCUT2D eigenvalue weighted by molar-refractivity contribution is -0.274. The third kappa shape index (κ3) is 4.19. The Morgan fingerprint density at radius 3 is 2.10 bits per heavy atom. The van der Waals surface area contributed by atoms with Crippen LogP contribution < -0.4 is 4.74 Å². The van der Waals surface area contributed by atoms with Crippen molar-refractivity contribution in [3.63, 3.8) is 0 Å². The van der Waals surface area contributed by atoms with Gasteiger partial charge in [0.1, 0.15) is 5.75 Å². The fourth-order valence-corrected chi connectivity index (χ4v) is 2.00. The van der Waals surface area contributed by atoms with E-state index >= 15 is 0 Å². The van der Waals surface area contributed by atoms with Gasteiger partial charge in [0.25, 0.3) is 0 Å². The molecule has 0 amide bonds. The van der Waals surface area contributed by atoms with E-state index in [1.807, 2.05) is 6.92 Å². The van der Waals surface area contributed by atoms with Crippen LogP contribution in [0.2, 0.25) is 0 Å². The molecule has 2 aromatic rings. The van der Waals surface area contributed by atoms with E-state index < -0.39 is 12.5 Å². The van der Waals surface area contributed by atoms with Crippen molar-refractivity contribution >= 4 is 0 Å². The number of pyridine rings is 1. The highest BCUT2D eigenvalue weighted by Gasteiger charge is 2.31. The smallest absolute Gasteiger partial charge is 0.406 e. The van der Waals surface area contributed by atoms with Gasteiger partial charge in [0.2, 0.25) is 0 Å². The number of hydrogen-bond donors (Lipinski definition) is 1. The summed E-state index contributed by atoms with van der Waals surface area (Å²) < 4.78 is 40.0. The van der Waals surface area contributed by atoms with E-state index in [2.05, 4.69) is 9.72 Å². The molecule has 21 heavy (non-hydrogen) atoms. The minimum atomic E-state index is -4.72. The normalized spacial score (nSPS) is 14.5. The van der Waals surface area contributed by atoms with Crippen LogP contribution in [0.5, 0.6) is 5.75 Å². The highest BCUT2D eigenvalue weighted by Crippen LogP contribution is 2.31. The Morgan fingerprint density at radius 2 is 1.57 bits per heavy atom. The topological polar surface area (TPSA) is 42.4 Å². The second-order valence-electron chi connectivity index (χ2n) is 4.63. The fraction of sp³-hybridized carbons (Fsp3) is 0.267. The number of aliphatic hydroxyl groups is 1. The summed E-state index contributed by atoms with van der Waals surface area (Å²) in [4.78, 5) is 3.90. The van der Waals surface area contributed by atoms with Crippen LogP contribution in [0.4, 0.5) is 13.2 Å². The molecule has 0 fully saturated rings. The van der Waals surface area contributed by atoms with E-state index in [-0.39, 0.29) is 11.7 Å². The van der Waals surface area contributed by atoms with Crippen LogP contribution >= 0.6 is 0 Å². The molecule has 2 rings (SSSR count). The van der Waals surface area contributed by atoms with Gasteiger partial charge in [0.15, 0.2) is 0 Å². The summed E-state index contributed by atoms with van der Waals surface area (Å²) in [5.74, 6) is -0.516. The molecule has 1 aromatic heterocycles. The Bertz CT molecular complexity index is 570. The molecular weight excluding hydrogens is 283 g/mol. The summed E-state index contributed by atoms with van der Waals surface area (Å²) in [5, 5.41) is 10.3. The van der Waals surface area contributed by atoms with Crippen molar-refractivity contribution in [2.24, 2.45) is 0 Å². The number of hydrogen-bond acceptors (Lipinski definition) is 3. The lowest BCUT2D eigenvalue weighted by atomic mass is 9.91. The van der Waals surface area contributed by atoms with E-state index in [1.54, 1.807) is 24.5 Å². The molecular formula is C15H14F3NO2. The van der Waals surface area contributed by atoms with Crippen LogP contribution in [0.3, 0.4) is 0 Å². The van der Waals surface area contributed by atoms with Crippen molar-refractivity contribution in [1.29, 1.82) is 0 Å². The zero-order valence-electron chi connectivity index (χ0n) is 11.2. The van der Waals surface area contributed by atoms with E-state index in [4.69, 9.17) is 0 Å². The summed E-state index contributed by atoms with van der Waals surface area (Å²) in [7, 11) is 0. The minimum Gasteiger partial charge on any atom is -0.406 e. The van der Waals surface area contributed by atoms with E-state index in [1.165, 1.54) is 24.3 Å². The molecule has 2 unspecified atom stereocenters. The van der Waals surface area contributed by atoms with Crippen LogP contribution in [0, 0.1) is 0 Å². The first-order chi connectivity index (χ1) is 9.87. The molecule has 0 saturated heterocycles. The Balaban J connectivity index is 2.11. The zero-order valence-corrected chi connectivity index (χ0v) is 11.2. The summed E-state index contributed by atoms with van der Waals surface area (Å²) in [6.07, 6.45) is -2.30. The molecule has 2 atom stereocenters. The number of aromatic nitrogens is 1. The maximum atomic E-state index is 12.1. The van der Waals surface area contributed by atoms with Gasteiger partial charge in [-0.25, -0.2) is 0 Å². The van der Waals surface area contributed by atoms with Crippen molar-refractivity contribution in [3.8, 4) is 5.75 Å². The van der Waals surface area contributed by atoms with E-state index in [9.17, 15) is 18.3 Å². The third-order valence-electron chi connectivity index (χ3n) is 3.16. The maximum absolute atomic E-state index is 12.1. The lowest BCUT2D eigenvalue weighted by Crippen LogP contribution is -2.17. The third-order valence-corrected chi connectivity index (χ3v) is 3.16. The lowest BCUT2D eigenvalue weighted by Gasteiger charge is -2.20. The van der Waals surface area contributed by atoms with E-state index in [0.29, 0.717) is 5.56 Å². The van der Waals surface area contributed by atoms with Gasteiger partial charge in [0, 0.05) is 18.3 Å². The molecule has 0 aliphatic carbocycles. The minimum absolute atomic E-state index is 0.206. The van der Waals surface area contributed by atoms with Crippen LogP contribution in [0.25, 0.3) is 0 Å². The molecule has 1 N–H and O–H groups in total. The van der Waals surface area contributed by atoms with Crippen molar-refractivity contribution < 1.29 is 23.0 Å². The molecule has 0 aliphatic heterocycles. The Kier molecular flexibility index (Phi) is 4.47. The summed E-state index contributed by atoms with van der Waals surface area (Å²) >= 11 is 0. The fourth-order valence-electron chi connectivity index (χ4n) is 2.00. The monoisotopic (exact) mass is 297 g/mol. The summed E-state index contributed by atoms with van der Waals surface area (Å²) in [6.45, 7) is 1.83. The number of rotatable bonds is 4. The SMILES string of the molecule is CC(c1ccncc1)C(O)c1ccc(OC(F)(F)F)cc1. The van der Waals surface area contributed by atoms with Crippen LogP contribution in [-0.2, 0) is 0 Å². The van der Waals surface area contributed by atoms with Gasteiger partial charge in [-0.15, -0.1) is 13.2 Å². The van der Waals surface area contributed by atoms with Crippen molar-refractivity contribution in [1.82, 2.24) is 4.98 Å². The quantitative estimate of drug-likeness (QED) is 0.933. The molecule has 112 valence electrons. The van der Waals surface area contributed by atoms with Crippen molar-refractivity contribution in [3.05, 3.63) is 59.9 Å². The molecule has 0 bridgehead atoms. The highest BCUT2D eigenvalue weighted by atomic mass is 19.4. The predicted octanol–water partition coefficient (Wildman–Crippen LogP) is 3.82. The van der Waals surface area contributed by atoms with Gasteiger partial charge in [-0.1, -0.05) is 19.1 Å². The zero-order chi connectivity index (χ0) is 15.5. The van der Waals surface area contributed by atoms with Crippen LogP contribution in [0.1, 0.15) is 30.1 Å². The molecule has 0 saturated carbocycles. The number of nitrogens with zero attached hydrogens (tertiary/aromatic N) is 1. The first-order valence-corrected chi connectivity index (χ1v) is 6.30. The standard InChI is InChI=1S/C15H14F3NO2/c1-10(11-6-8-19-9-7-11)14(20)12-2-4-13(5-3-12)21-15(16,17)18/h2-10,14,20H,1H3. The van der Waals surface area contributed by atoms with Crippen molar-refractivity contribution in [2.45, 2.75) is 25.3 Å². The Hall–Kier alpha value is -2.08. The first kappa shape index (κ1) is 15.3. The van der Waals surface area contributed by atoms with Gasteiger partial charge < -0.3 is 9.84 Å². The van der Waals surface area contributed by atoms with Crippen LogP contribution in [-0.4, -0.2) is 16.5 Å². The molecule has 1 aromatic carbocycles. The summed E-state index contributed by atoms with van der Waals surface area (Å²) in [5.41, 5.74) is 1.42. The molecule has 0 spiro atoms. The number of aliphatic hydroxyl groups excluding tert-OH is 1. The van der Waals surface area contributed by atoms with Gasteiger partial charge in [-0.2, -0.15) is 0 Å². The molecule has 0 aliphatic rings. The van der Waals surface area contributed by atoms with Crippen LogP contribution in [0.15, 0.2) is 48.8 Å². The van der Waals surface area contributed by atoms with Gasteiger partial charge in [0.05, 0.1) is 6.10 Å². The Labute approximate surface area is 120 Å². The maximum Gasteiger partial charge on any atom is 0.573 e. The Morgan fingerprint density at radius 1 is 1.00 bits per heavy atom. The number of alkyl halides is 3. The first-order valence-electron chi connectivity index (χ1n) is 6.30. The number of halogens is 3. The highest BCUT2D eigenvalue weighted by molar-refractivity contribution is 5.31. The number of ether oxygens (including phenoxy) is 1. The molecule has 3 nitrogen and oxygen atoms in total. The second kappa shape index (κ2) is 6.13. The van der Waals surface area contributed by atoms with Crippen molar-refractivity contribution in [2.75, 3.05) is 0 Å². The average molecular weight is 297 g/mol. The molecule has 6 heteroatoms. The molecule has 0 radical (unpaired) electrons. The second-order valence-corrected chi connectivity index (χ2v) is 4.63. The molecule has 1 heterocycles. The van der Waals surface area contributed by atoms with E-state index in [0.717, 1.165) is 5.56 Å². The summed E-state index contributed by atoms with van der Waals surface area (Å²) in [6, 6.07) is 8.79.